The Balaban J connectivity index is 1.50. The molecule has 2 heterocycles. The highest BCUT2D eigenvalue weighted by Crippen LogP contribution is 2.18. The minimum Gasteiger partial charge on any atom is -0.486 e. The summed E-state index contributed by atoms with van der Waals surface area (Å²) in [4.78, 5) is 7.19. The van der Waals surface area contributed by atoms with Crippen molar-refractivity contribution in [2.24, 2.45) is 0 Å². The number of hydrogen-bond donors (Lipinski definition) is 1. The first-order valence-electron chi connectivity index (χ1n) is 7.84. The lowest BCUT2D eigenvalue weighted by atomic mass is 10.1. The van der Waals surface area contributed by atoms with E-state index in [0.717, 1.165) is 29.5 Å². The van der Waals surface area contributed by atoms with E-state index in [1.54, 1.807) is 11.3 Å². The van der Waals surface area contributed by atoms with Gasteiger partial charge in [0.2, 0.25) is 0 Å². The Kier molecular flexibility index (Phi) is 5.43. The molecule has 5 heteroatoms. The zero-order valence-corrected chi connectivity index (χ0v) is 13.8. The molecule has 1 aliphatic heterocycles. The van der Waals surface area contributed by atoms with Crippen LogP contribution in [0.15, 0.2) is 35.7 Å². The number of ether oxygens (including phenoxy) is 1. The Morgan fingerprint density at radius 1 is 1.36 bits per heavy atom. The maximum Gasteiger partial charge on any atom is 0.140 e. The number of nitrogens with zero attached hydrogens (tertiary/aromatic N) is 2. The van der Waals surface area contributed by atoms with Crippen molar-refractivity contribution in [1.29, 1.82) is 0 Å². The zero-order valence-electron chi connectivity index (χ0n) is 13.0. The molecule has 0 saturated carbocycles. The maximum absolute atomic E-state index is 5.75. The average molecular weight is 317 g/mol. The molecule has 1 aromatic carbocycles. The topological polar surface area (TPSA) is 37.4 Å². The van der Waals surface area contributed by atoms with E-state index in [1.807, 2.05) is 30.3 Å². The molecule has 1 fully saturated rings. The third-order valence-electron chi connectivity index (χ3n) is 4.00. The first-order chi connectivity index (χ1) is 10.8. The van der Waals surface area contributed by atoms with Crippen molar-refractivity contribution in [2.75, 3.05) is 20.1 Å². The van der Waals surface area contributed by atoms with Crippen LogP contribution in [0, 0.1) is 0 Å². The first-order valence-corrected chi connectivity index (χ1v) is 8.72. The summed E-state index contributed by atoms with van der Waals surface area (Å²) in [5, 5.41) is 6.59. The monoisotopic (exact) mass is 317 g/mol. The lowest BCUT2D eigenvalue weighted by Gasteiger charge is -2.31. The summed E-state index contributed by atoms with van der Waals surface area (Å²) in [5.41, 5.74) is 1.16. The van der Waals surface area contributed by atoms with Gasteiger partial charge in [-0.2, -0.15) is 0 Å². The molecule has 1 unspecified atom stereocenters. The van der Waals surface area contributed by atoms with E-state index < -0.39 is 0 Å². The van der Waals surface area contributed by atoms with Crippen LogP contribution in [0.2, 0.25) is 0 Å². The number of piperidine rings is 1. The van der Waals surface area contributed by atoms with Crippen LogP contribution in [0.4, 0.5) is 0 Å². The molecule has 2 aromatic rings. The molecule has 1 aromatic heterocycles. The molecule has 0 amide bonds. The Hall–Kier alpha value is -1.43. The summed E-state index contributed by atoms with van der Waals surface area (Å²) in [6.45, 7) is 3.78. The molecule has 4 nitrogen and oxygen atoms in total. The average Bonchev–Trinajstić information content (AvgIpc) is 3.01. The SMILES string of the molecule is CNC1CCCN(Cc2csc(COc3ccccc3)n2)C1. The number of benzene rings is 1. The molecule has 0 bridgehead atoms. The number of nitrogens with one attached hydrogen (secondary N) is 1. The molecule has 118 valence electrons. The molecule has 22 heavy (non-hydrogen) atoms. The van der Waals surface area contributed by atoms with Gasteiger partial charge in [-0.3, -0.25) is 4.90 Å². The van der Waals surface area contributed by atoms with Crippen molar-refractivity contribution in [3.8, 4) is 5.75 Å². The van der Waals surface area contributed by atoms with Gasteiger partial charge in [-0.25, -0.2) is 4.98 Å². The molecule has 0 spiro atoms. The summed E-state index contributed by atoms with van der Waals surface area (Å²) < 4.78 is 5.75. The van der Waals surface area contributed by atoms with Crippen molar-refractivity contribution in [1.82, 2.24) is 15.2 Å². The van der Waals surface area contributed by atoms with Gasteiger partial charge in [0.1, 0.15) is 17.4 Å². The highest BCUT2D eigenvalue weighted by atomic mass is 32.1. The van der Waals surface area contributed by atoms with Gasteiger partial charge < -0.3 is 10.1 Å². The highest BCUT2D eigenvalue weighted by molar-refractivity contribution is 7.09. The van der Waals surface area contributed by atoms with Crippen molar-refractivity contribution < 1.29 is 4.74 Å². The van der Waals surface area contributed by atoms with Crippen molar-refractivity contribution in [3.63, 3.8) is 0 Å². The van der Waals surface area contributed by atoms with E-state index >= 15 is 0 Å². The summed E-state index contributed by atoms with van der Waals surface area (Å²) in [6.07, 6.45) is 2.54. The number of likely N-dealkylation sites (N-methyl/N-ethyl adjacent to an activating group) is 1. The Morgan fingerprint density at radius 3 is 3.05 bits per heavy atom. The molecular weight excluding hydrogens is 294 g/mol. The van der Waals surface area contributed by atoms with Crippen LogP contribution in [-0.4, -0.2) is 36.1 Å². The smallest absolute Gasteiger partial charge is 0.140 e. The molecule has 3 rings (SSSR count). The fraction of sp³-hybridized carbons (Fsp3) is 0.471. The molecule has 1 aliphatic rings. The van der Waals surface area contributed by atoms with E-state index in [2.05, 4.69) is 22.6 Å². The van der Waals surface area contributed by atoms with Crippen LogP contribution in [0.25, 0.3) is 0 Å². The van der Waals surface area contributed by atoms with Gasteiger partial charge in [-0.1, -0.05) is 18.2 Å². The Bertz CT molecular complexity index is 572. The van der Waals surface area contributed by atoms with E-state index in [4.69, 9.17) is 9.72 Å². The van der Waals surface area contributed by atoms with Gasteiger partial charge in [0.25, 0.3) is 0 Å². The molecule has 0 aliphatic carbocycles. The molecule has 1 atom stereocenters. The van der Waals surface area contributed by atoms with Crippen molar-refractivity contribution in [2.45, 2.75) is 32.0 Å². The molecule has 0 radical (unpaired) electrons. The van der Waals surface area contributed by atoms with E-state index in [9.17, 15) is 0 Å². The largest absolute Gasteiger partial charge is 0.486 e. The first kappa shape index (κ1) is 15.5. The number of likely N-dealkylation sites (tertiary alicyclic amines) is 1. The number of aromatic nitrogens is 1. The van der Waals surface area contributed by atoms with Gasteiger partial charge in [-0.05, 0) is 38.6 Å². The van der Waals surface area contributed by atoms with Crippen LogP contribution < -0.4 is 10.1 Å². The second kappa shape index (κ2) is 7.72. The molecule has 1 saturated heterocycles. The summed E-state index contributed by atoms with van der Waals surface area (Å²) in [6, 6.07) is 10.5. The number of hydrogen-bond acceptors (Lipinski definition) is 5. The summed E-state index contributed by atoms with van der Waals surface area (Å²) in [7, 11) is 2.05. The van der Waals surface area contributed by atoms with Gasteiger partial charge in [0.15, 0.2) is 0 Å². The van der Waals surface area contributed by atoms with Crippen LogP contribution in [0.1, 0.15) is 23.5 Å². The molecular formula is C17H23N3OS. The van der Waals surface area contributed by atoms with Gasteiger partial charge in [0.05, 0.1) is 5.69 Å². The van der Waals surface area contributed by atoms with E-state index in [0.29, 0.717) is 12.6 Å². The van der Waals surface area contributed by atoms with Crippen LogP contribution in [0.5, 0.6) is 5.75 Å². The number of rotatable bonds is 6. The van der Waals surface area contributed by atoms with Crippen molar-refractivity contribution >= 4 is 11.3 Å². The predicted molar refractivity (Wildman–Crippen MR) is 90.2 cm³/mol. The fourth-order valence-corrected chi connectivity index (χ4v) is 3.51. The standard InChI is InChI=1S/C17H23N3OS/c1-18-14-6-5-9-20(10-14)11-15-13-22-17(19-15)12-21-16-7-3-2-4-8-16/h2-4,7-8,13-14,18H,5-6,9-12H2,1H3. The Morgan fingerprint density at radius 2 is 2.23 bits per heavy atom. The zero-order chi connectivity index (χ0) is 15.2. The van der Waals surface area contributed by atoms with Gasteiger partial charge in [0, 0.05) is 24.5 Å². The second-order valence-electron chi connectivity index (χ2n) is 5.70. The highest BCUT2D eigenvalue weighted by Gasteiger charge is 2.19. The number of thiazole rings is 1. The normalized spacial score (nSPS) is 19.2. The molecule has 1 N–H and O–H groups in total. The van der Waals surface area contributed by atoms with E-state index in [-0.39, 0.29) is 0 Å². The van der Waals surface area contributed by atoms with E-state index in [1.165, 1.54) is 19.4 Å². The van der Waals surface area contributed by atoms with Gasteiger partial charge in [-0.15, -0.1) is 11.3 Å². The van der Waals surface area contributed by atoms with Gasteiger partial charge >= 0.3 is 0 Å². The third-order valence-corrected chi connectivity index (χ3v) is 4.88. The van der Waals surface area contributed by atoms with Crippen LogP contribution in [0.3, 0.4) is 0 Å². The fourth-order valence-electron chi connectivity index (χ4n) is 2.81. The number of para-hydroxylation sites is 1. The minimum atomic E-state index is 0.549. The maximum atomic E-state index is 5.75. The summed E-state index contributed by atoms with van der Waals surface area (Å²) in [5.74, 6) is 0.896. The predicted octanol–water partition coefficient (Wildman–Crippen LogP) is 2.91. The minimum absolute atomic E-state index is 0.549. The summed E-state index contributed by atoms with van der Waals surface area (Å²) >= 11 is 1.69. The lowest BCUT2D eigenvalue weighted by molar-refractivity contribution is 0.186. The third kappa shape index (κ3) is 4.29. The second-order valence-corrected chi connectivity index (χ2v) is 6.64. The van der Waals surface area contributed by atoms with Crippen molar-refractivity contribution in [3.05, 3.63) is 46.4 Å². The quantitative estimate of drug-likeness (QED) is 0.889. The van der Waals surface area contributed by atoms with Crippen LogP contribution in [-0.2, 0) is 13.2 Å². The lowest BCUT2D eigenvalue weighted by Crippen LogP contribution is -2.43. The van der Waals surface area contributed by atoms with Crippen LogP contribution >= 0.6 is 11.3 Å². The Labute approximate surface area is 136 Å².